The first-order valence-electron chi connectivity index (χ1n) is 9.35. The number of aromatic nitrogens is 1. The molecule has 9 heteroatoms. The third-order valence-electron chi connectivity index (χ3n) is 5.09. The van der Waals surface area contributed by atoms with Gasteiger partial charge in [0.1, 0.15) is 5.82 Å². The van der Waals surface area contributed by atoms with Crippen LogP contribution >= 0.6 is 11.6 Å². The van der Waals surface area contributed by atoms with Gasteiger partial charge in [-0.2, -0.15) is 5.10 Å². The number of rotatable bonds is 4. The summed E-state index contributed by atoms with van der Waals surface area (Å²) in [6, 6.07) is 7.98. The zero-order valence-corrected chi connectivity index (χ0v) is 16.3. The molecule has 0 unspecified atom stereocenters. The van der Waals surface area contributed by atoms with Crippen molar-refractivity contribution < 1.29 is 13.9 Å². The van der Waals surface area contributed by atoms with E-state index in [4.69, 9.17) is 16.3 Å². The Morgan fingerprint density at radius 1 is 1.31 bits per heavy atom. The van der Waals surface area contributed by atoms with Gasteiger partial charge in [-0.15, -0.1) is 0 Å². The average Bonchev–Trinajstić information content (AvgIpc) is 3.00. The van der Waals surface area contributed by atoms with E-state index in [1.165, 1.54) is 6.07 Å². The van der Waals surface area contributed by atoms with E-state index in [-0.39, 0.29) is 34.9 Å². The summed E-state index contributed by atoms with van der Waals surface area (Å²) in [5.74, 6) is -0.801. The quantitative estimate of drug-likeness (QED) is 0.793. The molecule has 1 aromatic carbocycles. The molecule has 2 N–H and O–H groups in total. The zero-order valence-electron chi connectivity index (χ0n) is 15.5. The molecule has 2 aliphatic rings. The Morgan fingerprint density at radius 2 is 2.17 bits per heavy atom. The molecule has 1 amide bonds. The molecule has 0 aliphatic carbocycles. The van der Waals surface area contributed by atoms with Crippen LogP contribution in [0.3, 0.4) is 0 Å². The minimum absolute atomic E-state index is 0.0395. The highest BCUT2D eigenvalue weighted by atomic mass is 35.5. The van der Waals surface area contributed by atoms with Crippen LogP contribution in [0.25, 0.3) is 0 Å². The number of amides is 1. The normalized spacial score (nSPS) is 22.1. The van der Waals surface area contributed by atoms with Crippen molar-refractivity contribution in [2.45, 2.75) is 19.1 Å². The fraction of sp³-hybridized carbons (Fsp3) is 0.350. The molecule has 0 radical (unpaired) electrons. The fourth-order valence-corrected chi connectivity index (χ4v) is 3.86. The van der Waals surface area contributed by atoms with E-state index in [1.807, 2.05) is 0 Å². The summed E-state index contributed by atoms with van der Waals surface area (Å²) < 4.78 is 21.2. The third-order valence-corrected chi connectivity index (χ3v) is 5.38. The van der Waals surface area contributed by atoms with E-state index in [0.29, 0.717) is 37.5 Å². The molecule has 1 saturated heterocycles. The van der Waals surface area contributed by atoms with Crippen LogP contribution in [0.15, 0.2) is 46.4 Å². The van der Waals surface area contributed by atoms with Gasteiger partial charge < -0.3 is 14.6 Å². The maximum absolute atomic E-state index is 13.6. The van der Waals surface area contributed by atoms with Crippen LogP contribution in [0.1, 0.15) is 23.7 Å². The standard InChI is InChI=1S/C20H20ClFN4O3/c21-15-8-12(3-4-16(15)22)19-13(10-23-5-7-29-19)11-26-6-1-2-14(20(26)28)17-9-18(27)25-24-17/h1-4,6,8,13,19,23H,5,7,9-11H2,(H,25,27)/t13-,19-/m0/s1. The lowest BCUT2D eigenvalue weighted by Gasteiger charge is -2.26. The Balaban J connectivity index is 1.63. The summed E-state index contributed by atoms with van der Waals surface area (Å²) in [6.45, 7) is 2.18. The van der Waals surface area contributed by atoms with E-state index in [9.17, 15) is 14.0 Å². The van der Waals surface area contributed by atoms with Gasteiger partial charge in [-0.25, -0.2) is 9.82 Å². The van der Waals surface area contributed by atoms with Crippen molar-refractivity contribution in [1.82, 2.24) is 15.3 Å². The first-order valence-corrected chi connectivity index (χ1v) is 9.73. The lowest BCUT2D eigenvalue weighted by atomic mass is 9.95. The minimum Gasteiger partial charge on any atom is -0.372 e. The maximum Gasteiger partial charge on any atom is 0.259 e. The van der Waals surface area contributed by atoms with E-state index in [1.54, 1.807) is 35.0 Å². The van der Waals surface area contributed by atoms with Gasteiger partial charge >= 0.3 is 0 Å². The van der Waals surface area contributed by atoms with Gasteiger partial charge in [-0.05, 0) is 29.8 Å². The van der Waals surface area contributed by atoms with Gasteiger partial charge in [-0.3, -0.25) is 9.59 Å². The molecule has 7 nitrogen and oxygen atoms in total. The molecule has 2 atom stereocenters. The monoisotopic (exact) mass is 418 g/mol. The molecule has 0 spiro atoms. The van der Waals surface area contributed by atoms with Crippen LogP contribution < -0.4 is 16.3 Å². The lowest BCUT2D eigenvalue weighted by molar-refractivity contribution is -0.119. The number of hydrogen-bond acceptors (Lipinski definition) is 5. The van der Waals surface area contributed by atoms with Crippen LogP contribution in [-0.2, 0) is 16.1 Å². The number of benzene rings is 1. The second-order valence-corrected chi connectivity index (χ2v) is 7.49. The summed E-state index contributed by atoms with van der Waals surface area (Å²) in [5.41, 5.74) is 3.75. The van der Waals surface area contributed by atoms with Crippen LogP contribution in [0.4, 0.5) is 4.39 Å². The number of halogens is 2. The number of hydrazone groups is 1. The van der Waals surface area contributed by atoms with Gasteiger partial charge in [0.25, 0.3) is 5.56 Å². The van der Waals surface area contributed by atoms with Crippen molar-refractivity contribution in [3.63, 3.8) is 0 Å². The number of carbonyl (C=O) groups is 1. The highest BCUT2D eigenvalue weighted by Crippen LogP contribution is 2.31. The van der Waals surface area contributed by atoms with E-state index < -0.39 is 5.82 Å². The number of nitrogens with one attached hydrogen (secondary N) is 2. The summed E-state index contributed by atoms with van der Waals surface area (Å²) in [4.78, 5) is 24.4. The smallest absolute Gasteiger partial charge is 0.259 e. The number of nitrogens with zero attached hydrogens (tertiary/aromatic N) is 2. The molecule has 29 heavy (non-hydrogen) atoms. The topological polar surface area (TPSA) is 84.7 Å². The minimum atomic E-state index is -0.483. The Hall–Kier alpha value is -2.55. The predicted octanol–water partition coefficient (Wildman–Crippen LogP) is 1.84. The van der Waals surface area contributed by atoms with Crippen LogP contribution in [0, 0.1) is 11.7 Å². The first kappa shape index (κ1) is 19.8. The fourth-order valence-electron chi connectivity index (χ4n) is 3.68. The van der Waals surface area contributed by atoms with Crippen molar-refractivity contribution in [3.05, 3.63) is 68.8 Å². The summed E-state index contributed by atoms with van der Waals surface area (Å²) in [6.07, 6.45) is 1.45. The molecule has 1 aromatic heterocycles. The van der Waals surface area contributed by atoms with Gasteiger partial charge in [0.05, 0.1) is 35.4 Å². The van der Waals surface area contributed by atoms with Crippen molar-refractivity contribution in [2.75, 3.05) is 19.7 Å². The van der Waals surface area contributed by atoms with Gasteiger partial charge in [0.2, 0.25) is 5.91 Å². The molecule has 2 aromatic rings. The van der Waals surface area contributed by atoms with E-state index in [0.717, 1.165) is 5.56 Å². The zero-order chi connectivity index (χ0) is 20.4. The van der Waals surface area contributed by atoms with Gasteiger partial charge in [0, 0.05) is 31.7 Å². The summed E-state index contributed by atoms with van der Waals surface area (Å²) in [5, 5.41) is 7.30. The second kappa shape index (κ2) is 8.44. The van der Waals surface area contributed by atoms with Crippen LogP contribution in [-0.4, -0.2) is 35.9 Å². The number of hydrogen-bond donors (Lipinski definition) is 2. The molecule has 0 bridgehead atoms. The van der Waals surface area contributed by atoms with Crippen LogP contribution in [0.2, 0.25) is 5.02 Å². The average molecular weight is 419 g/mol. The SMILES string of the molecule is O=C1CC(c2cccn(C[C@@H]3CNCCO[C@H]3c3ccc(F)c(Cl)c3)c2=O)=NN1. The van der Waals surface area contributed by atoms with Crippen molar-refractivity contribution >= 4 is 23.2 Å². The highest BCUT2D eigenvalue weighted by molar-refractivity contribution is 6.30. The molecule has 2 aliphatic heterocycles. The van der Waals surface area contributed by atoms with Crippen molar-refractivity contribution in [1.29, 1.82) is 0 Å². The Morgan fingerprint density at radius 3 is 2.93 bits per heavy atom. The molecular formula is C20H20ClFN4O3. The molecule has 4 rings (SSSR count). The summed E-state index contributed by atoms with van der Waals surface area (Å²) >= 11 is 5.96. The molecule has 1 fully saturated rings. The van der Waals surface area contributed by atoms with Gasteiger partial charge in [0.15, 0.2) is 0 Å². The Kier molecular flexibility index (Phi) is 5.75. The number of ether oxygens (including phenoxy) is 1. The third kappa shape index (κ3) is 4.24. The second-order valence-electron chi connectivity index (χ2n) is 7.08. The Bertz CT molecular complexity index is 1020. The van der Waals surface area contributed by atoms with Crippen molar-refractivity contribution in [2.24, 2.45) is 11.0 Å². The number of pyridine rings is 1. The first-order chi connectivity index (χ1) is 14.0. The van der Waals surface area contributed by atoms with Gasteiger partial charge in [-0.1, -0.05) is 17.7 Å². The van der Waals surface area contributed by atoms with E-state index >= 15 is 0 Å². The highest BCUT2D eigenvalue weighted by Gasteiger charge is 2.28. The number of carbonyl (C=O) groups excluding carboxylic acids is 1. The van der Waals surface area contributed by atoms with E-state index in [2.05, 4.69) is 15.8 Å². The summed E-state index contributed by atoms with van der Waals surface area (Å²) in [7, 11) is 0. The van der Waals surface area contributed by atoms with Crippen molar-refractivity contribution in [3.8, 4) is 0 Å². The molecule has 152 valence electrons. The van der Waals surface area contributed by atoms with Crippen LogP contribution in [0.5, 0.6) is 0 Å². The molecular weight excluding hydrogens is 399 g/mol. The maximum atomic E-state index is 13.6. The molecule has 0 saturated carbocycles. The predicted molar refractivity (Wildman–Crippen MR) is 106 cm³/mol. The lowest BCUT2D eigenvalue weighted by Crippen LogP contribution is -2.33. The molecule has 3 heterocycles. The largest absolute Gasteiger partial charge is 0.372 e. The Labute approximate surface area is 171 Å².